The van der Waals surface area contributed by atoms with Crippen LogP contribution in [0.25, 0.3) is 0 Å². The molecule has 200 valence electrons. The fourth-order valence-electron chi connectivity index (χ4n) is 5.98. The quantitative estimate of drug-likeness (QED) is 0.606. The Morgan fingerprint density at radius 2 is 1.81 bits per heavy atom. The van der Waals surface area contributed by atoms with Gasteiger partial charge < -0.3 is 28.5 Å². The summed E-state index contributed by atoms with van der Waals surface area (Å²) in [5.41, 5.74) is 0.549. The average Bonchev–Trinajstić information content (AvgIpc) is 3.44. The molecule has 0 aromatic heterocycles. The van der Waals surface area contributed by atoms with Crippen molar-refractivity contribution in [3.63, 3.8) is 0 Å². The number of carbonyl (C=O) groups excluding carboxylic acids is 1. The van der Waals surface area contributed by atoms with Crippen molar-refractivity contribution in [3.05, 3.63) is 35.9 Å². The molecular formula is C26H37N5O5Si. The Hall–Kier alpha value is -2.44. The summed E-state index contributed by atoms with van der Waals surface area (Å²) in [6.45, 7) is 13.6. The lowest BCUT2D eigenvalue weighted by Crippen LogP contribution is -2.65. The summed E-state index contributed by atoms with van der Waals surface area (Å²) in [4.78, 5) is 28.3. The molecule has 5 rings (SSSR count). The molecule has 6 atom stereocenters. The van der Waals surface area contributed by atoms with Crippen LogP contribution in [0.4, 0.5) is 0 Å². The van der Waals surface area contributed by atoms with Crippen LogP contribution in [0.2, 0.25) is 10.1 Å². The standard InChI is InChI=1S/C26H37N5O5Si/c1-25(2,3)37(26(4,5)6)34-13-17-19(36-37)20(33-7)24(35-17)31-15-29-18-21(27-14-28-22(18)31)30-23(32)16-11-9-8-10-12-16/h8-12,14-15,17-20,22,24H,13H2,1-7H3,(H,27,28,30,32)/t17-,18?,19-,20-,22?,24-/m1/s1. The van der Waals surface area contributed by atoms with E-state index in [1.165, 1.54) is 6.34 Å². The number of amides is 1. The van der Waals surface area contributed by atoms with E-state index >= 15 is 0 Å². The molecule has 4 aliphatic heterocycles. The van der Waals surface area contributed by atoms with Gasteiger partial charge >= 0.3 is 8.56 Å². The van der Waals surface area contributed by atoms with E-state index in [2.05, 4.69) is 61.8 Å². The Kier molecular flexibility index (Phi) is 6.64. The van der Waals surface area contributed by atoms with Crippen molar-refractivity contribution in [2.75, 3.05) is 13.7 Å². The van der Waals surface area contributed by atoms with Gasteiger partial charge in [-0.05, 0) is 12.1 Å². The van der Waals surface area contributed by atoms with E-state index in [1.54, 1.807) is 25.6 Å². The molecule has 4 heterocycles. The van der Waals surface area contributed by atoms with Crippen LogP contribution < -0.4 is 5.32 Å². The van der Waals surface area contributed by atoms with Crippen LogP contribution in [0, 0.1) is 0 Å². The third-order valence-corrected chi connectivity index (χ3v) is 12.6. The highest BCUT2D eigenvalue weighted by atomic mass is 28.4. The third-order valence-electron chi connectivity index (χ3n) is 7.50. The Labute approximate surface area is 219 Å². The fourth-order valence-corrected chi connectivity index (χ4v) is 10.9. The summed E-state index contributed by atoms with van der Waals surface area (Å²) >= 11 is 0. The molecule has 4 aliphatic rings. The summed E-state index contributed by atoms with van der Waals surface area (Å²) in [7, 11) is -1.02. The summed E-state index contributed by atoms with van der Waals surface area (Å²) in [5, 5.41) is 2.60. The topological polar surface area (TPSA) is 106 Å². The number of hydrogen-bond donors (Lipinski definition) is 1. The van der Waals surface area contributed by atoms with E-state index in [9.17, 15) is 4.79 Å². The molecule has 1 aromatic carbocycles. The van der Waals surface area contributed by atoms with Crippen molar-refractivity contribution < 1.29 is 23.1 Å². The second kappa shape index (κ2) is 9.39. The Morgan fingerprint density at radius 3 is 2.46 bits per heavy atom. The molecule has 2 fully saturated rings. The van der Waals surface area contributed by atoms with Gasteiger partial charge in [-0.1, -0.05) is 59.7 Å². The molecule has 10 nitrogen and oxygen atoms in total. The van der Waals surface area contributed by atoms with Gasteiger partial charge in [-0.3, -0.25) is 9.79 Å². The molecule has 11 heteroatoms. The van der Waals surface area contributed by atoms with E-state index in [-0.39, 0.29) is 34.3 Å². The van der Waals surface area contributed by atoms with Crippen LogP contribution in [0.15, 0.2) is 45.3 Å². The highest BCUT2D eigenvalue weighted by Gasteiger charge is 2.65. The Morgan fingerprint density at radius 1 is 1.11 bits per heavy atom. The fraction of sp³-hybridized carbons (Fsp3) is 0.615. The van der Waals surface area contributed by atoms with Gasteiger partial charge in [-0.25, -0.2) is 9.98 Å². The first kappa shape index (κ1) is 26.2. The maximum absolute atomic E-state index is 12.8. The number of fused-ring (bicyclic) bond motifs is 2. The summed E-state index contributed by atoms with van der Waals surface area (Å²) in [6.07, 6.45) is 1.37. The lowest BCUT2D eigenvalue weighted by molar-refractivity contribution is -0.0918. The molecule has 0 saturated carbocycles. The summed E-state index contributed by atoms with van der Waals surface area (Å²) < 4.78 is 26.1. The van der Waals surface area contributed by atoms with E-state index in [0.717, 1.165) is 0 Å². The SMILES string of the molecule is CO[C@@H]1[C@@H]2O[Si](C(C)(C)C)(C(C)(C)C)OC[C@H]2O[C@H]1N1C=NC2C(NC(=O)c3ccccc3)=NC=NC21. The average molecular weight is 528 g/mol. The first-order valence-corrected chi connectivity index (χ1v) is 14.5. The molecule has 2 unspecified atom stereocenters. The number of methoxy groups -OCH3 is 1. The predicted molar refractivity (Wildman–Crippen MR) is 143 cm³/mol. The zero-order valence-corrected chi connectivity index (χ0v) is 23.5. The number of amidine groups is 1. The molecule has 1 aromatic rings. The minimum atomic E-state index is -2.70. The minimum absolute atomic E-state index is 0.150. The highest BCUT2D eigenvalue weighted by Crippen LogP contribution is 2.55. The van der Waals surface area contributed by atoms with Crippen molar-refractivity contribution >= 4 is 33.0 Å². The Balaban J connectivity index is 1.34. The largest absolute Gasteiger partial charge is 0.391 e. The minimum Gasteiger partial charge on any atom is -0.391 e. The smallest absolute Gasteiger partial charge is 0.349 e. The molecule has 0 spiro atoms. The van der Waals surface area contributed by atoms with Gasteiger partial charge in [-0.2, -0.15) is 0 Å². The van der Waals surface area contributed by atoms with Crippen LogP contribution in [-0.2, 0) is 18.3 Å². The molecule has 1 N–H and O–H groups in total. The van der Waals surface area contributed by atoms with Gasteiger partial charge in [-0.15, -0.1) is 0 Å². The van der Waals surface area contributed by atoms with Crippen LogP contribution in [0.3, 0.4) is 0 Å². The zero-order valence-electron chi connectivity index (χ0n) is 22.5. The van der Waals surface area contributed by atoms with Gasteiger partial charge in [0.25, 0.3) is 5.91 Å². The highest BCUT2D eigenvalue weighted by molar-refractivity contribution is 6.73. The number of nitrogens with zero attached hydrogens (tertiary/aromatic N) is 4. The van der Waals surface area contributed by atoms with Crippen molar-refractivity contribution in [2.24, 2.45) is 15.0 Å². The van der Waals surface area contributed by atoms with Crippen molar-refractivity contribution in [3.8, 4) is 0 Å². The Bertz CT molecular complexity index is 1100. The van der Waals surface area contributed by atoms with E-state index < -0.39 is 27.0 Å². The van der Waals surface area contributed by atoms with Crippen LogP contribution >= 0.6 is 0 Å². The number of carbonyl (C=O) groups is 1. The molecule has 0 bridgehead atoms. The molecule has 1 amide bonds. The third kappa shape index (κ3) is 4.36. The van der Waals surface area contributed by atoms with Crippen LogP contribution in [-0.4, -0.2) is 88.3 Å². The molecule has 0 aliphatic carbocycles. The molecule has 37 heavy (non-hydrogen) atoms. The number of aliphatic imine (C=N–C) groups is 3. The lowest BCUT2D eigenvalue weighted by Gasteiger charge is -2.53. The molecule has 0 radical (unpaired) electrons. The van der Waals surface area contributed by atoms with Gasteiger partial charge in [0.05, 0.1) is 12.9 Å². The predicted octanol–water partition coefficient (Wildman–Crippen LogP) is 3.09. The number of benzene rings is 1. The lowest BCUT2D eigenvalue weighted by atomic mass is 10.1. The van der Waals surface area contributed by atoms with Crippen molar-refractivity contribution in [1.82, 2.24) is 10.2 Å². The number of hydrogen-bond acceptors (Lipinski definition) is 9. The number of nitrogens with one attached hydrogen (secondary N) is 1. The molecular weight excluding hydrogens is 490 g/mol. The summed E-state index contributed by atoms with van der Waals surface area (Å²) in [6, 6.07) is 8.56. The van der Waals surface area contributed by atoms with Crippen molar-refractivity contribution in [1.29, 1.82) is 0 Å². The molecule has 2 saturated heterocycles. The second-order valence-corrected chi connectivity index (χ2v) is 16.7. The first-order chi connectivity index (χ1) is 17.5. The maximum Gasteiger partial charge on any atom is 0.349 e. The van der Waals surface area contributed by atoms with E-state index in [0.29, 0.717) is 18.0 Å². The van der Waals surface area contributed by atoms with Gasteiger partial charge in [0.1, 0.15) is 30.5 Å². The van der Waals surface area contributed by atoms with Gasteiger partial charge in [0.2, 0.25) is 0 Å². The second-order valence-electron chi connectivity index (χ2n) is 11.9. The van der Waals surface area contributed by atoms with E-state index in [1.807, 2.05) is 23.1 Å². The van der Waals surface area contributed by atoms with Crippen molar-refractivity contribution in [2.45, 2.75) is 88.4 Å². The maximum atomic E-state index is 12.8. The zero-order chi connectivity index (χ0) is 26.6. The van der Waals surface area contributed by atoms with E-state index in [4.69, 9.17) is 18.3 Å². The first-order valence-electron chi connectivity index (χ1n) is 12.7. The monoisotopic (exact) mass is 527 g/mol. The van der Waals surface area contributed by atoms with Gasteiger partial charge in [0.15, 0.2) is 18.4 Å². The summed E-state index contributed by atoms with van der Waals surface area (Å²) in [5.74, 6) is 0.208. The van der Waals surface area contributed by atoms with Crippen LogP contribution in [0.1, 0.15) is 51.9 Å². The number of rotatable bonds is 3. The number of ether oxygens (including phenoxy) is 2. The van der Waals surface area contributed by atoms with Crippen LogP contribution in [0.5, 0.6) is 0 Å². The van der Waals surface area contributed by atoms with Gasteiger partial charge in [0, 0.05) is 22.7 Å². The normalized spacial score (nSPS) is 32.6.